The topological polar surface area (TPSA) is 31.0 Å². The van der Waals surface area contributed by atoms with Crippen molar-refractivity contribution in [2.45, 2.75) is 6.10 Å². The molecule has 0 bridgehead atoms. The average molecular weight is 144 g/mol. The average Bonchev–Trinajstić information content (AvgIpc) is 2.71. The van der Waals surface area contributed by atoms with Crippen molar-refractivity contribution < 1.29 is 14.2 Å². The minimum Gasteiger partial charge on any atom is -0.499 e. The van der Waals surface area contributed by atoms with Crippen LogP contribution in [0, 0.1) is 0 Å². The van der Waals surface area contributed by atoms with Gasteiger partial charge < -0.3 is 14.2 Å². The fourth-order valence-corrected chi connectivity index (χ4v) is 0.569. The van der Waals surface area contributed by atoms with E-state index in [0.717, 1.165) is 6.61 Å². The standard InChI is InChI=1S/C7H12O3/c1-2-8-3-4-9-5-7-6-10-7/h2,7H,1,3-6H2/t7-/m1/s1. The van der Waals surface area contributed by atoms with Gasteiger partial charge in [0.15, 0.2) is 0 Å². The van der Waals surface area contributed by atoms with Crippen molar-refractivity contribution >= 4 is 0 Å². The molecule has 1 rings (SSSR count). The second kappa shape index (κ2) is 4.30. The predicted molar refractivity (Wildman–Crippen MR) is 36.7 cm³/mol. The summed E-state index contributed by atoms with van der Waals surface area (Å²) in [6, 6.07) is 0. The van der Waals surface area contributed by atoms with Gasteiger partial charge in [0.25, 0.3) is 0 Å². The lowest BCUT2D eigenvalue weighted by Crippen LogP contribution is -2.06. The summed E-state index contributed by atoms with van der Waals surface area (Å²) in [5.74, 6) is 0. The fraction of sp³-hybridized carbons (Fsp3) is 0.714. The van der Waals surface area contributed by atoms with Crippen molar-refractivity contribution in [1.82, 2.24) is 0 Å². The third kappa shape index (κ3) is 3.48. The minimum atomic E-state index is 0.351. The van der Waals surface area contributed by atoms with Gasteiger partial charge in [0.2, 0.25) is 0 Å². The van der Waals surface area contributed by atoms with E-state index in [1.165, 1.54) is 6.26 Å². The molecule has 0 N–H and O–H groups in total. The molecule has 3 heteroatoms. The van der Waals surface area contributed by atoms with E-state index in [1.54, 1.807) is 0 Å². The van der Waals surface area contributed by atoms with Crippen molar-refractivity contribution in [2.75, 3.05) is 26.4 Å². The van der Waals surface area contributed by atoms with Crippen LogP contribution in [0.1, 0.15) is 0 Å². The van der Waals surface area contributed by atoms with Crippen LogP contribution in [-0.2, 0) is 14.2 Å². The summed E-state index contributed by atoms with van der Waals surface area (Å²) in [5.41, 5.74) is 0. The van der Waals surface area contributed by atoms with E-state index in [4.69, 9.17) is 14.2 Å². The molecule has 0 aromatic rings. The zero-order valence-electron chi connectivity index (χ0n) is 5.91. The Morgan fingerprint density at radius 1 is 1.60 bits per heavy atom. The number of hydrogen-bond acceptors (Lipinski definition) is 3. The van der Waals surface area contributed by atoms with Gasteiger partial charge in [0.1, 0.15) is 12.7 Å². The SMILES string of the molecule is C=COCCOC[C@@H]1CO1. The van der Waals surface area contributed by atoms with E-state index < -0.39 is 0 Å². The molecule has 0 saturated carbocycles. The lowest BCUT2D eigenvalue weighted by atomic mass is 10.5. The van der Waals surface area contributed by atoms with Crippen LogP contribution in [0.15, 0.2) is 12.8 Å². The second-order valence-electron chi connectivity index (χ2n) is 2.07. The molecule has 0 unspecified atom stereocenters. The largest absolute Gasteiger partial charge is 0.499 e. The van der Waals surface area contributed by atoms with Crippen LogP contribution in [-0.4, -0.2) is 32.5 Å². The molecule has 1 heterocycles. The van der Waals surface area contributed by atoms with Gasteiger partial charge in [-0.05, 0) is 0 Å². The first-order valence-corrected chi connectivity index (χ1v) is 3.35. The number of epoxide rings is 1. The molecule has 0 aromatic carbocycles. The fourth-order valence-electron chi connectivity index (χ4n) is 0.569. The Morgan fingerprint density at radius 2 is 2.40 bits per heavy atom. The van der Waals surface area contributed by atoms with E-state index in [1.807, 2.05) is 0 Å². The van der Waals surface area contributed by atoms with E-state index in [-0.39, 0.29) is 0 Å². The van der Waals surface area contributed by atoms with E-state index in [0.29, 0.717) is 25.9 Å². The van der Waals surface area contributed by atoms with Crippen molar-refractivity contribution in [3.05, 3.63) is 12.8 Å². The van der Waals surface area contributed by atoms with Crippen LogP contribution in [0.5, 0.6) is 0 Å². The van der Waals surface area contributed by atoms with Gasteiger partial charge in [-0.3, -0.25) is 0 Å². The van der Waals surface area contributed by atoms with Crippen molar-refractivity contribution in [1.29, 1.82) is 0 Å². The highest BCUT2D eigenvalue weighted by atomic mass is 16.6. The van der Waals surface area contributed by atoms with Gasteiger partial charge in [-0.2, -0.15) is 0 Å². The number of ether oxygens (including phenoxy) is 3. The van der Waals surface area contributed by atoms with Gasteiger partial charge in [0, 0.05) is 0 Å². The summed E-state index contributed by atoms with van der Waals surface area (Å²) in [7, 11) is 0. The summed E-state index contributed by atoms with van der Waals surface area (Å²) >= 11 is 0. The Balaban J connectivity index is 1.72. The van der Waals surface area contributed by atoms with Gasteiger partial charge in [0.05, 0.1) is 26.1 Å². The Labute approximate surface area is 60.6 Å². The molecule has 3 nitrogen and oxygen atoms in total. The van der Waals surface area contributed by atoms with Gasteiger partial charge in [-0.15, -0.1) is 0 Å². The highest BCUT2D eigenvalue weighted by Crippen LogP contribution is 2.07. The number of hydrogen-bond donors (Lipinski definition) is 0. The summed E-state index contributed by atoms with van der Waals surface area (Å²) in [4.78, 5) is 0. The normalized spacial score (nSPS) is 22.2. The van der Waals surface area contributed by atoms with Gasteiger partial charge in [-0.1, -0.05) is 6.58 Å². The molecule has 1 atom stereocenters. The zero-order chi connectivity index (χ0) is 7.23. The quantitative estimate of drug-likeness (QED) is 0.310. The molecular weight excluding hydrogens is 132 g/mol. The summed E-state index contributed by atoms with van der Waals surface area (Å²) in [6.07, 6.45) is 1.76. The molecular formula is C7H12O3. The van der Waals surface area contributed by atoms with Gasteiger partial charge >= 0.3 is 0 Å². The molecule has 10 heavy (non-hydrogen) atoms. The molecule has 0 aliphatic carbocycles. The van der Waals surface area contributed by atoms with Crippen LogP contribution in [0.3, 0.4) is 0 Å². The second-order valence-corrected chi connectivity index (χ2v) is 2.07. The predicted octanol–water partition coefficient (Wildman–Crippen LogP) is 0.562. The Bertz CT molecular complexity index is 99.0. The summed E-state index contributed by atoms with van der Waals surface area (Å²) in [5, 5.41) is 0. The summed E-state index contributed by atoms with van der Waals surface area (Å²) < 4.78 is 14.9. The highest BCUT2D eigenvalue weighted by Gasteiger charge is 2.21. The first-order valence-electron chi connectivity index (χ1n) is 3.35. The molecule has 0 aromatic heterocycles. The Morgan fingerprint density at radius 3 is 3.00 bits per heavy atom. The van der Waals surface area contributed by atoms with Crippen LogP contribution >= 0.6 is 0 Å². The van der Waals surface area contributed by atoms with Crippen LogP contribution in [0.2, 0.25) is 0 Å². The van der Waals surface area contributed by atoms with Crippen molar-refractivity contribution in [3.63, 3.8) is 0 Å². The molecule has 0 radical (unpaired) electrons. The number of rotatable bonds is 6. The monoisotopic (exact) mass is 144 g/mol. The molecule has 1 saturated heterocycles. The smallest absolute Gasteiger partial charge is 0.111 e. The molecule has 1 aliphatic rings. The van der Waals surface area contributed by atoms with Gasteiger partial charge in [-0.25, -0.2) is 0 Å². The Kier molecular flexibility index (Phi) is 3.26. The van der Waals surface area contributed by atoms with Crippen LogP contribution < -0.4 is 0 Å². The van der Waals surface area contributed by atoms with E-state index in [2.05, 4.69) is 6.58 Å². The van der Waals surface area contributed by atoms with E-state index >= 15 is 0 Å². The zero-order valence-corrected chi connectivity index (χ0v) is 5.91. The molecule has 0 amide bonds. The third-order valence-corrected chi connectivity index (χ3v) is 1.17. The molecule has 0 spiro atoms. The van der Waals surface area contributed by atoms with Crippen molar-refractivity contribution in [2.24, 2.45) is 0 Å². The minimum absolute atomic E-state index is 0.351. The first kappa shape index (κ1) is 7.57. The maximum absolute atomic E-state index is 5.16. The molecule has 58 valence electrons. The molecule has 1 fully saturated rings. The maximum atomic E-state index is 5.16. The third-order valence-electron chi connectivity index (χ3n) is 1.17. The maximum Gasteiger partial charge on any atom is 0.111 e. The molecule has 1 aliphatic heterocycles. The van der Waals surface area contributed by atoms with Crippen molar-refractivity contribution in [3.8, 4) is 0 Å². The summed E-state index contributed by atoms with van der Waals surface area (Å²) in [6.45, 7) is 6.14. The lowest BCUT2D eigenvalue weighted by Gasteiger charge is -2.00. The van der Waals surface area contributed by atoms with Crippen LogP contribution in [0.25, 0.3) is 0 Å². The first-order chi connectivity index (χ1) is 4.93. The lowest BCUT2D eigenvalue weighted by molar-refractivity contribution is 0.0749. The van der Waals surface area contributed by atoms with Crippen LogP contribution in [0.4, 0.5) is 0 Å². The highest BCUT2D eigenvalue weighted by molar-refractivity contribution is 4.66. The van der Waals surface area contributed by atoms with E-state index in [9.17, 15) is 0 Å². The Hall–Kier alpha value is -0.540.